The number of rotatable bonds is 7. The molecule has 0 saturated carbocycles. The number of aryl methyl sites for hydroxylation is 1. The second kappa shape index (κ2) is 9.25. The summed E-state index contributed by atoms with van der Waals surface area (Å²) in [5, 5.41) is 12.0. The van der Waals surface area contributed by atoms with Crippen LogP contribution < -0.4 is 5.32 Å². The minimum absolute atomic E-state index is 0.108. The molecule has 134 valence electrons. The van der Waals surface area contributed by atoms with Gasteiger partial charge in [0.2, 0.25) is 5.82 Å². The van der Waals surface area contributed by atoms with E-state index < -0.39 is 0 Å². The van der Waals surface area contributed by atoms with Crippen LogP contribution in [0.2, 0.25) is 5.02 Å². The van der Waals surface area contributed by atoms with Gasteiger partial charge in [-0.05, 0) is 42.7 Å². The van der Waals surface area contributed by atoms with Gasteiger partial charge in [-0.3, -0.25) is 4.79 Å². The second-order valence-corrected chi connectivity index (χ2v) is 7.73. The number of carbonyl (C=O) groups is 1. The Morgan fingerprint density at radius 1 is 1.20 bits per heavy atom. The molecule has 1 aliphatic rings. The Balaban J connectivity index is 1.37. The van der Waals surface area contributed by atoms with Gasteiger partial charge < -0.3 is 9.88 Å². The number of aromatic nitrogens is 3. The highest BCUT2D eigenvalue weighted by Crippen LogP contribution is 2.16. The molecule has 0 spiro atoms. The third-order valence-corrected chi connectivity index (χ3v) is 5.61. The van der Waals surface area contributed by atoms with Gasteiger partial charge in [0.1, 0.15) is 5.82 Å². The molecule has 1 aromatic heterocycles. The van der Waals surface area contributed by atoms with Crippen LogP contribution in [0.15, 0.2) is 24.3 Å². The number of benzene rings is 1. The number of hydrogen-bond donors (Lipinski definition) is 1. The zero-order chi connectivity index (χ0) is 17.5. The SMILES string of the molecule is O=C(NCCCSCc1ccc(Cl)cc1)c1nnc2n1CCCCC2. The van der Waals surface area contributed by atoms with Gasteiger partial charge in [-0.15, -0.1) is 10.2 Å². The van der Waals surface area contributed by atoms with E-state index in [1.54, 1.807) is 0 Å². The van der Waals surface area contributed by atoms with Crippen molar-refractivity contribution in [3.63, 3.8) is 0 Å². The summed E-state index contributed by atoms with van der Waals surface area (Å²) >= 11 is 7.74. The van der Waals surface area contributed by atoms with E-state index in [1.165, 1.54) is 12.0 Å². The molecule has 0 saturated heterocycles. The first-order valence-corrected chi connectivity index (χ1v) is 10.3. The van der Waals surface area contributed by atoms with Gasteiger partial charge in [-0.2, -0.15) is 11.8 Å². The van der Waals surface area contributed by atoms with E-state index in [2.05, 4.69) is 15.5 Å². The molecule has 0 radical (unpaired) electrons. The number of thioether (sulfide) groups is 1. The smallest absolute Gasteiger partial charge is 0.289 e. The lowest BCUT2D eigenvalue weighted by Gasteiger charge is -2.08. The largest absolute Gasteiger partial charge is 0.349 e. The molecule has 2 aromatic rings. The molecule has 0 fully saturated rings. The molecule has 1 aliphatic heterocycles. The lowest BCUT2D eigenvalue weighted by Crippen LogP contribution is -2.28. The van der Waals surface area contributed by atoms with Crippen LogP contribution in [0.5, 0.6) is 0 Å². The highest BCUT2D eigenvalue weighted by atomic mass is 35.5. The second-order valence-electron chi connectivity index (χ2n) is 6.19. The van der Waals surface area contributed by atoms with Crippen molar-refractivity contribution >= 4 is 29.3 Å². The number of nitrogens with one attached hydrogen (secondary N) is 1. The van der Waals surface area contributed by atoms with Crippen molar-refractivity contribution in [1.29, 1.82) is 0 Å². The first-order valence-electron chi connectivity index (χ1n) is 8.76. The topological polar surface area (TPSA) is 59.8 Å². The highest BCUT2D eigenvalue weighted by molar-refractivity contribution is 7.98. The van der Waals surface area contributed by atoms with Gasteiger partial charge in [-0.25, -0.2) is 0 Å². The molecule has 5 nitrogen and oxygen atoms in total. The Kier molecular flexibility index (Phi) is 6.76. The van der Waals surface area contributed by atoms with Gasteiger partial charge in [0.05, 0.1) is 0 Å². The number of nitrogens with zero attached hydrogens (tertiary/aromatic N) is 3. The van der Waals surface area contributed by atoms with E-state index in [-0.39, 0.29) is 5.91 Å². The fraction of sp³-hybridized carbons (Fsp3) is 0.500. The van der Waals surface area contributed by atoms with E-state index >= 15 is 0 Å². The maximum atomic E-state index is 12.3. The zero-order valence-corrected chi connectivity index (χ0v) is 15.8. The number of amides is 1. The lowest BCUT2D eigenvalue weighted by atomic mass is 10.2. The van der Waals surface area contributed by atoms with Crippen LogP contribution in [0.3, 0.4) is 0 Å². The summed E-state index contributed by atoms with van der Waals surface area (Å²) in [5.74, 6) is 3.26. The Bertz CT molecular complexity index is 702. The normalized spacial score (nSPS) is 14.0. The predicted octanol–water partition coefficient (Wildman–Crippen LogP) is 3.71. The predicted molar refractivity (Wildman–Crippen MR) is 102 cm³/mol. The highest BCUT2D eigenvalue weighted by Gasteiger charge is 2.19. The van der Waals surface area contributed by atoms with Crippen LogP contribution in [0, 0.1) is 0 Å². The summed E-state index contributed by atoms with van der Waals surface area (Å²) in [6.07, 6.45) is 5.26. The van der Waals surface area contributed by atoms with Gasteiger partial charge in [0.15, 0.2) is 0 Å². The van der Waals surface area contributed by atoms with Gasteiger partial charge in [-0.1, -0.05) is 30.2 Å². The van der Waals surface area contributed by atoms with Gasteiger partial charge >= 0.3 is 0 Å². The standard InChI is InChI=1S/C18H23ClN4OS/c19-15-8-6-14(7-9-15)13-25-12-4-10-20-18(24)17-22-21-16-5-2-1-3-11-23(16)17/h6-9H,1-5,10-13H2,(H,20,24). The molecule has 0 atom stereocenters. The van der Waals surface area contributed by atoms with E-state index in [4.69, 9.17) is 11.6 Å². The quantitative estimate of drug-likeness (QED) is 0.746. The molecule has 3 rings (SSSR count). The van der Waals surface area contributed by atoms with E-state index in [0.29, 0.717) is 12.4 Å². The van der Waals surface area contributed by atoms with Crippen molar-refractivity contribution in [2.75, 3.05) is 12.3 Å². The lowest BCUT2D eigenvalue weighted by molar-refractivity contribution is 0.0938. The van der Waals surface area contributed by atoms with Crippen LogP contribution in [-0.4, -0.2) is 33.0 Å². The first-order chi connectivity index (χ1) is 12.2. The van der Waals surface area contributed by atoms with Gasteiger partial charge in [0, 0.05) is 30.3 Å². The average Bonchev–Trinajstić information content (AvgIpc) is 2.88. The number of hydrogen-bond acceptors (Lipinski definition) is 4. The zero-order valence-electron chi connectivity index (χ0n) is 14.2. The van der Waals surface area contributed by atoms with Crippen molar-refractivity contribution in [1.82, 2.24) is 20.1 Å². The molecule has 1 aromatic carbocycles. The van der Waals surface area contributed by atoms with Gasteiger partial charge in [0.25, 0.3) is 5.91 Å². The van der Waals surface area contributed by atoms with Crippen LogP contribution in [-0.2, 0) is 18.7 Å². The number of fused-ring (bicyclic) bond motifs is 1. The summed E-state index contributed by atoms with van der Waals surface area (Å²) in [6, 6.07) is 7.93. The average molecular weight is 379 g/mol. The van der Waals surface area contributed by atoms with E-state index in [1.807, 2.05) is 40.6 Å². The minimum atomic E-state index is -0.108. The van der Waals surface area contributed by atoms with Crippen molar-refractivity contribution in [3.05, 3.63) is 46.5 Å². The maximum absolute atomic E-state index is 12.3. The molecule has 0 bridgehead atoms. The molecular weight excluding hydrogens is 356 g/mol. The Morgan fingerprint density at radius 2 is 2.04 bits per heavy atom. The fourth-order valence-electron chi connectivity index (χ4n) is 2.88. The van der Waals surface area contributed by atoms with Crippen molar-refractivity contribution in [2.24, 2.45) is 0 Å². The minimum Gasteiger partial charge on any atom is -0.349 e. The fourth-order valence-corrected chi connectivity index (χ4v) is 3.93. The Hall–Kier alpha value is -1.53. The van der Waals surface area contributed by atoms with Crippen molar-refractivity contribution < 1.29 is 4.79 Å². The van der Waals surface area contributed by atoms with E-state index in [0.717, 1.165) is 54.6 Å². The Labute approximate surface area is 157 Å². The van der Waals surface area contributed by atoms with Crippen LogP contribution >= 0.6 is 23.4 Å². The molecule has 1 amide bonds. The molecule has 0 unspecified atom stereocenters. The molecule has 1 N–H and O–H groups in total. The Morgan fingerprint density at radius 3 is 2.88 bits per heavy atom. The molecule has 7 heteroatoms. The molecule has 0 aliphatic carbocycles. The van der Waals surface area contributed by atoms with E-state index in [9.17, 15) is 4.79 Å². The number of halogens is 1. The first kappa shape index (κ1) is 18.3. The maximum Gasteiger partial charge on any atom is 0.289 e. The summed E-state index contributed by atoms with van der Waals surface area (Å²) in [7, 11) is 0. The third kappa shape index (κ3) is 5.22. The molecule has 25 heavy (non-hydrogen) atoms. The number of carbonyl (C=O) groups excluding carboxylic acids is 1. The third-order valence-electron chi connectivity index (χ3n) is 4.25. The van der Waals surface area contributed by atoms with Crippen LogP contribution in [0.1, 0.15) is 47.7 Å². The monoisotopic (exact) mass is 378 g/mol. The molecule has 2 heterocycles. The van der Waals surface area contributed by atoms with Crippen molar-refractivity contribution in [3.8, 4) is 0 Å². The van der Waals surface area contributed by atoms with Crippen LogP contribution in [0.4, 0.5) is 0 Å². The summed E-state index contributed by atoms with van der Waals surface area (Å²) in [4.78, 5) is 12.3. The summed E-state index contributed by atoms with van der Waals surface area (Å²) in [6.45, 7) is 1.51. The molecular formula is C18H23ClN4OS. The summed E-state index contributed by atoms with van der Waals surface area (Å²) < 4.78 is 1.98. The summed E-state index contributed by atoms with van der Waals surface area (Å²) in [5.41, 5.74) is 1.27. The van der Waals surface area contributed by atoms with Crippen LogP contribution in [0.25, 0.3) is 0 Å². The van der Waals surface area contributed by atoms with Crippen molar-refractivity contribution in [2.45, 2.75) is 44.4 Å².